The van der Waals surface area contributed by atoms with E-state index in [0.717, 1.165) is 44.7 Å². The summed E-state index contributed by atoms with van der Waals surface area (Å²) >= 11 is 0. The number of hydrogen-bond acceptors (Lipinski definition) is 4. The number of aliphatic hydroxyl groups is 1. The molecule has 2 rings (SSSR count). The Labute approximate surface area is 115 Å². The first kappa shape index (κ1) is 14.5. The molecule has 0 spiro atoms. The zero-order valence-electron chi connectivity index (χ0n) is 12.0. The second-order valence-corrected chi connectivity index (χ2v) is 5.13. The highest BCUT2D eigenvalue weighted by atomic mass is 16.5. The summed E-state index contributed by atoms with van der Waals surface area (Å²) in [4.78, 5) is 2.36. The van der Waals surface area contributed by atoms with Crippen molar-refractivity contribution in [3.63, 3.8) is 0 Å². The van der Waals surface area contributed by atoms with Crippen LogP contribution in [0.2, 0.25) is 0 Å². The van der Waals surface area contributed by atoms with Crippen molar-refractivity contribution in [1.82, 2.24) is 14.7 Å². The molecule has 0 saturated carbocycles. The molecule has 1 N–H and O–H groups in total. The average Bonchev–Trinajstić information content (AvgIpc) is 2.87. The zero-order valence-corrected chi connectivity index (χ0v) is 12.0. The molecular weight excluding hydrogens is 242 g/mol. The Kier molecular flexibility index (Phi) is 5.36. The Morgan fingerprint density at radius 3 is 2.95 bits per heavy atom. The molecule has 1 aliphatic rings. The number of morpholine rings is 1. The van der Waals surface area contributed by atoms with Crippen molar-refractivity contribution in [1.29, 1.82) is 0 Å². The van der Waals surface area contributed by atoms with Gasteiger partial charge in [0.1, 0.15) is 12.2 Å². The third kappa shape index (κ3) is 3.55. The second-order valence-electron chi connectivity index (χ2n) is 5.13. The molecule has 1 aliphatic heterocycles. The van der Waals surface area contributed by atoms with Crippen LogP contribution in [-0.4, -0.2) is 52.1 Å². The molecule has 1 fully saturated rings. The van der Waals surface area contributed by atoms with E-state index in [1.807, 2.05) is 10.7 Å². The lowest BCUT2D eigenvalue weighted by Crippen LogP contribution is -2.45. The maximum absolute atomic E-state index is 10.5. The lowest BCUT2D eigenvalue weighted by atomic mass is 10.1. The molecule has 2 heterocycles. The minimum Gasteiger partial charge on any atom is -0.384 e. The van der Waals surface area contributed by atoms with Crippen molar-refractivity contribution >= 4 is 0 Å². The lowest BCUT2D eigenvalue weighted by Gasteiger charge is -2.35. The summed E-state index contributed by atoms with van der Waals surface area (Å²) in [5, 5.41) is 14.8. The third-order valence-electron chi connectivity index (χ3n) is 3.56. The van der Waals surface area contributed by atoms with Gasteiger partial charge in [0, 0.05) is 25.8 Å². The van der Waals surface area contributed by atoms with Gasteiger partial charge in [-0.2, -0.15) is 5.10 Å². The fourth-order valence-corrected chi connectivity index (χ4v) is 2.63. The van der Waals surface area contributed by atoms with E-state index in [9.17, 15) is 5.11 Å². The van der Waals surface area contributed by atoms with Gasteiger partial charge < -0.3 is 9.84 Å². The number of aliphatic hydroxyl groups excluding tert-OH is 1. The maximum Gasteiger partial charge on any atom is 0.123 e. The molecule has 0 bridgehead atoms. The van der Waals surface area contributed by atoms with E-state index < -0.39 is 6.10 Å². The first-order chi connectivity index (χ1) is 9.26. The van der Waals surface area contributed by atoms with Crippen LogP contribution in [0.1, 0.15) is 38.5 Å². The molecule has 0 radical (unpaired) electrons. The molecule has 0 aliphatic carbocycles. The number of nitrogens with zero attached hydrogens (tertiary/aromatic N) is 3. The fourth-order valence-electron chi connectivity index (χ4n) is 2.63. The van der Waals surface area contributed by atoms with Crippen molar-refractivity contribution in [3.8, 4) is 0 Å². The summed E-state index contributed by atoms with van der Waals surface area (Å²) in [6, 6.07) is 1.89. The van der Waals surface area contributed by atoms with E-state index in [4.69, 9.17) is 4.74 Å². The van der Waals surface area contributed by atoms with Crippen LogP contribution >= 0.6 is 0 Å². The fraction of sp³-hybridized carbons (Fsp3) is 0.786. The molecule has 2 unspecified atom stereocenters. The summed E-state index contributed by atoms with van der Waals surface area (Å²) in [5.74, 6) is 0. The van der Waals surface area contributed by atoms with Crippen molar-refractivity contribution in [2.45, 2.75) is 45.4 Å². The van der Waals surface area contributed by atoms with E-state index >= 15 is 0 Å². The SMILES string of the molecule is CCCN1CCOC(C(O)c2ccnn2CCC)C1. The maximum atomic E-state index is 10.5. The molecule has 1 saturated heterocycles. The number of aromatic nitrogens is 2. The first-order valence-electron chi connectivity index (χ1n) is 7.30. The van der Waals surface area contributed by atoms with Crippen LogP contribution in [0.4, 0.5) is 0 Å². The van der Waals surface area contributed by atoms with Gasteiger partial charge in [0.05, 0.1) is 12.3 Å². The van der Waals surface area contributed by atoms with Crippen molar-refractivity contribution < 1.29 is 9.84 Å². The summed E-state index contributed by atoms with van der Waals surface area (Å²) in [7, 11) is 0. The quantitative estimate of drug-likeness (QED) is 0.847. The number of hydrogen-bond donors (Lipinski definition) is 1. The van der Waals surface area contributed by atoms with Crippen molar-refractivity contribution in [2.24, 2.45) is 0 Å². The molecule has 0 amide bonds. The Balaban J connectivity index is 2.01. The van der Waals surface area contributed by atoms with Gasteiger partial charge in [-0.05, 0) is 25.5 Å². The van der Waals surface area contributed by atoms with Gasteiger partial charge in [-0.3, -0.25) is 9.58 Å². The summed E-state index contributed by atoms with van der Waals surface area (Å²) < 4.78 is 7.62. The molecular formula is C14H25N3O2. The predicted molar refractivity (Wildman–Crippen MR) is 73.9 cm³/mol. The van der Waals surface area contributed by atoms with E-state index in [-0.39, 0.29) is 6.10 Å². The molecule has 2 atom stereocenters. The van der Waals surface area contributed by atoms with Crippen LogP contribution in [0.25, 0.3) is 0 Å². The number of aryl methyl sites for hydroxylation is 1. The minimum atomic E-state index is -0.589. The van der Waals surface area contributed by atoms with Gasteiger partial charge in [0.15, 0.2) is 0 Å². The molecule has 1 aromatic heterocycles. The third-order valence-corrected chi connectivity index (χ3v) is 3.56. The standard InChI is InChI=1S/C14H25N3O2/c1-3-7-16-9-10-19-13(11-16)14(18)12-5-6-15-17(12)8-4-2/h5-6,13-14,18H,3-4,7-11H2,1-2H3. The highest BCUT2D eigenvalue weighted by Crippen LogP contribution is 2.22. The molecule has 19 heavy (non-hydrogen) atoms. The van der Waals surface area contributed by atoms with Gasteiger partial charge in [-0.15, -0.1) is 0 Å². The highest BCUT2D eigenvalue weighted by Gasteiger charge is 2.29. The topological polar surface area (TPSA) is 50.5 Å². The van der Waals surface area contributed by atoms with Crippen LogP contribution in [0.5, 0.6) is 0 Å². The van der Waals surface area contributed by atoms with Gasteiger partial charge in [-0.1, -0.05) is 13.8 Å². The Bertz CT molecular complexity index is 379. The van der Waals surface area contributed by atoms with E-state index in [2.05, 4.69) is 23.8 Å². The smallest absolute Gasteiger partial charge is 0.123 e. The van der Waals surface area contributed by atoms with Crippen LogP contribution in [0.3, 0.4) is 0 Å². The summed E-state index contributed by atoms with van der Waals surface area (Å²) in [6.45, 7) is 8.65. The number of ether oxygens (including phenoxy) is 1. The van der Waals surface area contributed by atoms with Gasteiger partial charge in [0.25, 0.3) is 0 Å². The van der Waals surface area contributed by atoms with Crippen molar-refractivity contribution in [2.75, 3.05) is 26.2 Å². The highest BCUT2D eigenvalue weighted by molar-refractivity contribution is 5.07. The van der Waals surface area contributed by atoms with Crippen LogP contribution in [0.15, 0.2) is 12.3 Å². The molecule has 5 nitrogen and oxygen atoms in total. The zero-order chi connectivity index (χ0) is 13.7. The minimum absolute atomic E-state index is 0.146. The van der Waals surface area contributed by atoms with Crippen LogP contribution in [0, 0.1) is 0 Å². The summed E-state index contributed by atoms with van der Waals surface area (Å²) in [5.41, 5.74) is 0.866. The van der Waals surface area contributed by atoms with Gasteiger partial charge >= 0.3 is 0 Å². The Morgan fingerprint density at radius 1 is 1.42 bits per heavy atom. The first-order valence-corrected chi connectivity index (χ1v) is 7.30. The normalized spacial score (nSPS) is 22.6. The van der Waals surface area contributed by atoms with Crippen LogP contribution in [-0.2, 0) is 11.3 Å². The summed E-state index contributed by atoms with van der Waals surface area (Å²) in [6.07, 6.45) is 3.16. The molecule has 1 aromatic rings. The monoisotopic (exact) mass is 267 g/mol. The largest absolute Gasteiger partial charge is 0.384 e. The van der Waals surface area contributed by atoms with Crippen molar-refractivity contribution in [3.05, 3.63) is 18.0 Å². The Morgan fingerprint density at radius 2 is 2.21 bits per heavy atom. The van der Waals surface area contributed by atoms with E-state index in [1.54, 1.807) is 6.20 Å². The molecule has 108 valence electrons. The average molecular weight is 267 g/mol. The van der Waals surface area contributed by atoms with E-state index in [0.29, 0.717) is 6.61 Å². The number of rotatable bonds is 6. The second kappa shape index (κ2) is 7.03. The van der Waals surface area contributed by atoms with Gasteiger partial charge in [-0.25, -0.2) is 0 Å². The van der Waals surface area contributed by atoms with Crippen LogP contribution < -0.4 is 0 Å². The van der Waals surface area contributed by atoms with E-state index in [1.165, 1.54) is 0 Å². The predicted octanol–water partition coefficient (Wildman–Crippen LogP) is 1.44. The Hall–Kier alpha value is -0.910. The lowest BCUT2D eigenvalue weighted by molar-refractivity contribution is -0.0921. The molecule has 5 heteroatoms. The van der Waals surface area contributed by atoms with Gasteiger partial charge in [0.2, 0.25) is 0 Å². The molecule has 0 aromatic carbocycles.